The van der Waals surface area contributed by atoms with Gasteiger partial charge in [-0.25, -0.2) is 8.93 Å². The molecule has 40 heavy (non-hydrogen) atoms. The maximum Gasteiger partial charge on any atom is 0.417 e. The van der Waals surface area contributed by atoms with Gasteiger partial charge in [0.25, 0.3) is 5.91 Å². The van der Waals surface area contributed by atoms with E-state index in [0.29, 0.717) is 55.8 Å². The van der Waals surface area contributed by atoms with E-state index < -0.39 is 33.9 Å². The Balaban J connectivity index is 1.78. The number of aromatic nitrogens is 1. The molecular weight excluding hydrogens is 543 g/mol. The third-order valence-corrected chi connectivity index (χ3v) is 9.14. The Morgan fingerprint density at radius 3 is 2.38 bits per heavy atom. The number of rotatable bonds is 7. The number of hydrogen-bond donors (Lipinski definition) is 3. The number of alkyl halides is 3. The van der Waals surface area contributed by atoms with Crippen LogP contribution in [0, 0.1) is 6.92 Å². The summed E-state index contributed by atoms with van der Waals surface area (Å²) in [5, 5.41) is 14.4. The quantitative estimate of drug-likeness (QED) is 0.402. The lowest BCUT2D eigenvalue weighted by Gasteiger charge is -2.33. The lowest BCUT2D eigenvalue weighted by Crippen LogP contribution is -2.39. The van der Waals surface area contributed by atoms with Gasteiger partial charge in [-0.3, -0.25) is 4.79 Å². The smallest absolute Gasteiger partial charge is 0.388 e. The zero-order chi connectivity index (χ0) is 29.3. The molecule has 1 aromatic heterocycles. The van der Waals surface area contributed by atoms with E-state index in [1.807, 2.05) is 0 Å². The minimum absolute atomic E-state index is 0.0450. The van der Waals surface area contributed by atoms with Crippen LogP contribution >= 0.6 is 0 Å². The number of halogens is 3. The number of carbonyl (C=O) groups is 1. The molecule has 1 amide bonds. The van der Waals surface area contributed by atoms with Crippen LogP contribution in [0.2, 0.25) is 0 Å². The van der Waals surface area contributed by atoms with Gasteiger partial charge in [0, 0.05) is 36.2 Å². The molecule has 1 saturated carbocycles. The molecule has 0 spiro atoms. The number of aliphatic hydroxyl groups is 1. The fourth-order valence-electron chi connectivity index (χ4n) is 5.49. The molecule has 1 aliphatic carbocycles. The molecule has 2 fully saturated rings. The summed E-state index contributed by atoms with van der Waals surface area (Å²) in [4.78, 5) is 13.0. The van der Waals surface area contributed by atoms with Crippen LogP contribution in [-0.2, 0) is 28.4 Å². The summed E-state index contributed by atoms with van der Waals surface area (Å²) in [6, 6.07) is 5.29. The van der Waals surface area contributed by atoms with Crippen molar-refractivity contribution in [1.82, 2.24) is 14.6 Å². The van der Waals surface area contributed by atoms with Crippen molar-refractivity contribution in [3.63, 3.8) is 0 Å². The van der Waals surface area contributed by atoms with E-state index in [4.69, 9.17) is 4.74 Å². The number of ether oxygens (including phenoxy) is 1. The number of nitrogens with zero attached hydrogens (tertiary/aromatic N) is 1. The molecule has 7 nitrogen and oxygen atoms in total. The highest BCUT2D eigenvalue weighted by Gasteiger charge is 2.37. The first-order valence-electron chi connectivity index (χ1n) is 13.9. The molecular formula is C29H40F3N3O4S. The van der Waals surface area contributed by atoms with Crippen LogP contribution in [0.25, 0.3) is 11.3 Å². The minimum Gasteiger partial charge on any atom is -0.388 e. The van der Waals surface area contributed by atoms with Crippen LogP contribution in [0.4, 0.5) is 13.2 Å². The van der Waals surface area contributed by atoms with Crippen LogP contribution < -0.4 is 10.0 Å². The predicted molar refractivity (Wildman–Crippen MR) is 148 cm³/mol. The van der Waals surface area contributed by atoms with Crippen molar-refractivity contribution in [2.24, 2.45) is 0 Å². The number of amides is 1. The van der Waals surface area contributed by atoms with E-state index >= 15 is 0 Å². The van der Waals surface area contributed by atoms with E-state index in [0.717, 1.165) is 25.3 Å². The van der Waals surface area contributed by atoms with Crippen LogP contribution in [0.5, 0.6) is 0 Å². The summed E-state index contributed by atoms with van der Waals surface area (Å²) >= 11 is 0. The van der Waals surface area contributed by atoms with Crippen molar-refractivity contribution in [2.75, 3.05) is 13.2 Å². The molecule has 2 aliphatic rings. The summed E-state index contributed by atoms with van der Waals surface area (Å²) in [5.74, 6) is -0.303. The van der Waals surface area contributed by atoms with E-state index in [1.54, 1.807) is 38.3 Å². The molecule has 1 saturated heterocycles. The number of carbonyl (C=O) groups excluding carboxylic acids is 1. The Hall–Kier alpha value is -2.21. The van der Waals surface area contributed by atoms with Crippen LogP contribution in [0.1, 0.15) is 87.3 Å². The summed E-state index contributed by atoms with van der Waals surface area (Å²) in [7, 11) is -2.10. The van der Waals surface area contributed by atoms with Gasteiger partial charge in [0.15, 0.2) is 0 Å². The van der Waals surface area contributed by atoms with Gasteiger partial charge < -0.3 is 19.7 Å². The van der Waals surface area contributed by atoms with Crippen molar-refractivity contribution in [2.45, 2.75) is 107 Å². The highest BCUT2D eigenvalue weighted by molar-refractivity contribution is 7.83. The normalized spacial score (nSPS) is 19.4. The number of benzene rings is 1. The molecule has 11 heteroatoms. The Morgan fingerprint density at radius 2 is 1.77 bits per heavy atom. The molecule has 1 aromatic carbocycles. The van der Waals surface area contributed by atoms with Gasteiger partial charge in [0.05, 0.1) is 28.2 Å². The van der Waals surface area contributed by atoms with Gasteiger partial charge in [0.1, 0.15) is 11.0 Å². The second-order valence-electron chi connectivity index (χ2n) is 12.1. The van der Waals surface area contributed by atoms with E-state index in [1.165, 1.54) is 12.1 Å². The fraction of sp³-hybridized carbons (Fsp3) is 0.621. The monoisotopic (exact) mass is 583 g/mol. The molecule has 2 heterocycles. The van der Waals surface area contributed by atoms with E-state index in [9.17, 15) is 27.3 Å². The van der Waals surface area contributed by atoms with Gasteiger partial charge in [0.2, 0.25) is 0 Å². The third kappa shape index (κ3) is 7.35. The van der Waals surface area contributed by atoms with Crippen molar-refractivity contribution in [1.29, 1.82) is 0 Å². The van der Waals surface area contributed by atoms with Crippen LogP contribution in [0.15, 0.2) is 29.2 Å². The molecule has 4 rings (SSSR count). The zero-order valence-corrected chi connectivity index (χ0v) is 24.4. The predicted octanol–water partition coefficient (Wildman–Crippen LogP) is 5.50. The average molecular weight is 584 g/mol. The molecule has 1 unspecified atom stereocenters. The summed E-state index contributed by atoms with van der Waals surface area (Å²) < 4.78 is 65.5. The van der Waals surface area contributed by atoms with E-state index in [2.05, 4.69) is 10.0 Å². The highest BCUT2D eigenvalue weighted by Crippen LogP contribution is 2.39. The third-order valence-electron chi connectivity index (χ3n) is 7.58. The molecule has 222 valence electrons. The standard InChI is InChI=1S/C29H40F3N3O4S/c1-19-22(26(36)33-21-10-14-39-15-11-21)17-24(35(19)18-28(37)12-6-5-7-13-28)20-8-9-25(23(16-20)29(30,31)32)40(38)34-27(2,3)4/h8-9,16-17,21,34,37H,5-7,10-15,18H2,1-4H3,(H,33,36). The first kappa shape index (κ1) is 30.7. The van der Waals surface area contributed by atoms with Gasteiger partial charge in [-0.05, 0) is 77.1 Å². The molecule has 2 aromatic rings. The van der Waals surface area contributed by atoms with Crippen molar-refractivity contribution in [3.8, 4) is 11.3 Å². The molecule has 1 aliphatic heterocycles. The summed E-state index contributed by atoms with van der Waals surface area (Å²) in [6.07, 6.45) is 0.538. The Labute approximate surface area is 236 Å². The van der Waals surface area contributed by atoms with Gasteiger partial charge in [-0.1, -0.05) is 25.3 Å². The maximum atomic E-state index is 14.3. The maximum absolute atomic E-state index is 14.3. The Morgan fingerprint density at radius 1 is 1.12 bits per heavy atom. The summed E-state index contributed by atoms with van der Waals surface area (Å²) in [6.45, 7) is 8.22. The SMILES string of the molecule is Cc1c(C(=O)NC2CCOCC2)cc(-c2ccc(S(=O)NC(C)(C)C)c(C(F)(F)F)c2)n1CC1(O)CCCCC1. The first-order valence-corrected chi connectivity index (χ1v) is 15.0. The molecule has 1 atom stereocenters. The first-order chi connectivity index (χ1) is 18.7. The lowest BCUT2D eigenvalue weighted by molar-refractivity contribution is -0.139. The highest BCUT2D eigenvalue weighted by atomic mass is 32.2. The summed E-state index contributed by atoms with van der Waals surface area (Å²) in [5.41, 5.74) is -1.12. The second kappa shape index (κ2) is 12.0. The Kier molecular flexibility index (Phi) is 9.19. The van der Waals surface area contributed by atoms with Crippen LogP contribution in [-0.4, -0.2) is 50.2 Å². The molecule has 0 bridgehead atoms. The number of hydrogen-bond acceptors (Lipinski definition) is 4. The largest absolute Gasteiger partial charge is 0.417 e. The fourth-order valence-corrected chi connectivity index (χ4v) is 6.72. The average Bonchev–Trinajstić information content (AvgIpc) is 3.18. The Bertz CT molecular complexity index is 1240. The van der Waals surface area contributed by atoms with Crippen molar-refractivity contribution >= 4 is 16.9 Å². The molecule has 0 radical (unpaired) electrons. The van der Waals surface area contributed by atoms with Gasteiger partial charge >= 0.3 is 6.18 Å². The van der Waals surface area contributed by atoms with Crippen molar-refractivity contribution in [3.05, 3.63) is 41.1 Å². The zero-order valence-electron chi connectivity index (χ0n) is 23.6. The van der Waals surface area contributed by atoms with Gasteiger partial charge in [-0.2, -0.15) is 13.2 Å². The number of nitrogens with one attached hydrogen (secondary N) is 2. The molecule has 3 N–H and O–H groups in total. The second-order valence-corrected chi connectivity index (χ2v) is 13.3. The van der Waals surface area contributed by atoms with Crippen molar-refractivity contribution < 1.29 is 32.0 Å². The minimum atomic E-state index is -4.75. The topological polar surface area (TPSA) is 92.6 Å². The van der Waals surface area contributed by atoms with E-state index in [-0.39, 0.29) is 29.0 Å². The van der Waals surface area contributed by atoms with Gasteiger partial charge in [-0.15, -0.1) is 0 Å². The lowest BCUT2D eigenvalue weighted by atomic mass is 9.84. The van der Waals surface area contributed by atoms with Crippen LogP contribution in [0.3, 0.4) is 0 Å².